The monoisotopic (exact) mass is 459 g/mol. The van der Waals surface area contributed by atoms with Gasteiger partial charge in [-0.3, -0.25) is 19.8 Å². The van der Waals surface area contributed by atoms with Gasteiger partial charge in [-0.25, -0.2) is 0 Å². The Labute approximate surface area is 192 Å². The molecule has 1 aliphatic rings. The smallest absolute Gasteiger partial charge is 0.327 e. The third kappa shape index (κ3) is 4.95. The van der Waals surface area contributed by atoms with Crippen molar-refractivity contribution < 1.29 is 28.7 Å². The van der Waals surface area contributed by atoms with E-state index >= 15 is 0 Å². The Morgan fingerprint density at radius 2 is 1.67 bits per heavy atom. The van der Waals surface area contributed by atoms with Gasteiger partial charge >= 0.3 is 5.69 Å². The van der Waals surface area contributed by atoms with Gasteiger partial charge in [0.1, 0.15) is 11.3 Å². The first-order valence-corrected chi connectivity index (χ1v) is 10.6. The van der Waals surface area contributed by atoms with Gasteiger partial charge in [-0.1, -0.05) is 18.2 Å². The molecule has 1 aliphatic heterocycles. The molecule has 1 unspecified atom stereocenters. The van der Waals surface area contributed by atoms with E-state index in [0.29, 0.717) is 0 Å². The minimum absolute atomic E-state index is 0.0483. The number of methoxy groups -OCH3 is 4. The molecule has 1 N–H and O–H groups in total. The van der Waals surface area contributed by atoms with Crippen LogP contribution in [0.15, 0.2) is 30.3 Å². The summed E-state index contributed by atoms with van der Waals surface area (Å²) in [6.45, 7) is 2.03. The molecule has 1 fully saturated rings. The molecule has 2 aromatic carbocycles. The highest BCUT2D eigenvalue weighted by Gasteiger charge is 2.33. The first-order valence-electron chi connectivity index (χ1n) is 10.6. The summed E-state index contributed by atoms with van der Waals surface area (Å²) in [5.41, 5.74) is 0.291. The van der Waals surface area contributed by atoms with Crippen LogP contribution in [0.4, 0.5) is 5.69 Å². The van der Waals surface area contributed by atoms with Crippen LogP contribution in [0.25, 0.3) is 0 Å². The number of likely N-dealkylation sites (tertiary alicyclic amines) is 1. The molecule has 0 spiro atoms. The lowest BCUT2D eigenvalue weighted by Crippen LogP contribution is -2.37. The minimum atomic E-state index is -0.659. The summed E-state index contributed by atoms with van der Waals surface area (Å²) >= 11 is 0. The van der Waals surface area contributed by atoms with E-state index in [1.807, 2.05) is 24.3 Å². The maximum atomic E-state index is 13.2. The van der Waals surface area contributed by atoms with E-state index in [1.54, 1.807) is 7.11 Å². The molecule has 1 atom stereocenters. The number of para-hydroxylation sites is 1. The summed E-state index contributed by atoms with van der Waals surface area (Å²) in [6, 6.07) is 8.81. The maximum absolute atomic E-state index is 13.2. The number of nitrogens with zero attached hydrogens (tertiary/aromatic N) is 2. The van der Waals surface area contributed by atoms with Gasteiger partial charge in [0.05, 0.1) is 39.4 Å². The average molecular weight is 459 g/mol. The second kappa shape index (κ2) is 10.9. The van der Waals surface area contributed by atoms with Crippen LogP contribution in [0.5, 0.6) is 23.0 Å². The van der Waals surface area contributed by atoms with Crippen molar-refractivity contribution in [1.82, 2.24) is 10.2 Å². The Balaban J connectivity index is 1.96. The lowest BCUT2D eigenvalue weighted by atomic mass is 10.0. The van der Waals surface area contributed by atoms with Gasteiger partial charge in [-0.15, -0.1) is 0 Å². The molecule has 1 saturated heterocycles. The summed E-state index contributed by atoms with van der Waals surface area (Å²) in [4.78, 5) is 26.7. The van der Waals surface area contributed by atoms with Crippen molar-refractivity contribution in [3.8, 4) is 23.0 Å². The SMILES string of the molecule is COc1ccccc1C(CNC(=O)c1cc(OC)c(OC)c(OC)c1[N+](=O)[O-])N1CCCC1. The summed E-state index contributed by atoms with van der Waals surface area (Å²) < 4.78 is 21.3. The Morgan fingerprint density at radius 3 is 2.24 bits per heavy atom. The number of hydrogen-bond donors (Lipinski definition) is 1. The van der Waals surface area contributed by atoms with Gasteiger partial charge in [0, 0.05) is 18.2 Å². The Kier molecular flexibility index (Phi) is 7.94. The molecule has 0 aromatic heterocycles. The number of nitrogens with one attached hydrogen (secondary N) is 1. The van der Waals surface area contributed by atoms with Crippen molar-refractivity contribution in [2.24, 2.45) is 0 Å². The topological polar surface area (TPSA) is 112 Å². The van der Waals surface area contributed by atoms with E-state index in [4.69, 9.17) is 18.9 Å². The van der Waals surface area contributed by atoms with Crippen LogP contribution < -0.4 is 24.3 Å². The molecule has 10 heteroatoms. The van der Waals surface area contributed by atoms with Crippen molar-refractivity contribution >= 4 is 11.6 Å². The molecule has 1 amide bonds. The number of benzene rings is 2. The number of nitro groups is 1. The van der Waals surface area contributed by atoms with Crippen molar-refractivity contribution in [1.29, 1.82) is 0 Å². The van der Waals surface area contributed by atoms with Crippen LogP contribution in [0.2, 0.25) is 0 Å². The molecular weight excluding hydrogens is 430 g/mol. The van der Waals surface area contributed by atoms with E-state index in [2.05, 4.69) is 10.2 Å². The van der Waals surface area contributed by atoms with Crippen LogP contribution in [0.1, 0.15) is 34.8 Å². The number of carbonyl (C=O) groups excluding carboxylic acids is 1. The molecule has 0 saturated carbocycles. The Morgan fingerprint density at radius 1 is 1.03 bits per heavy atom. The predicted molar refractivity (Wildman–Crippen MR) is 122 cm³/mol. The highest BCUT2D eigenvalue weighted by atomic mass is 16.6. The molecule has 3 rings (SSSR count). The van der Waals surface area contributed by atoms with Crippen molar-refractivity contribution in [2.45, 2.75) is 18.9 Å². The number of nitro benzene ring substituents is 1. The molecule has 1 heterocycles. The van der Waals surface area contributed by atoms with Crippen molar-refractivity contribution in [3.05, 3.63) is 51.6 Å². The predicted octanol–water partition coefficient (Wildman–Crippen LogP) is 3.20. The van der Waals surface area contributed by atoms with E-state index < -0.39 is 16.5 Å². The number of ether oxygens (including phenoxy) is 4. The zero-order chi connectivity index (χ0) is 24.0. The fourth-order valence-electron chi connectivity index (χ4n) is 4.21. The molecular formula is C23H29N3O7. The fourth-order valence-corrected chi connectivity index (χ4v) is 4.21. The van der Waals surface area contributed by atoms with Crippen molar-refractivity contribution in [2.75, 3.05) is 48.1 Å². The van der Waals surface area contributed by atoms with Gasteiger partial charge in [-0.2, -0.15) is 0 Å². The number of amides is 1. The maximum Gasteiger partial charge on any atom is 0.327 e. The van der Waals surface area contributed by atoms with Crippen LogP contribution in [0.3, 0.4) is 0 Å². The normalized spacial score (nSPS) is 14.4. The number of rotatable bonds is 10. The quantitative estimate of drug-likeness (QED) is 0.426. The molecule has 33 heavy (non-hydrogen) atoms. The second-order valence-electron chi connectivity index (χ2n) is 7.51. The lowest BCUT2D eigenvalue weighted by Gasteiger charge is -2.29. The van der Waals surface area contributed by atoms with Crippen LogP contribution >= 0.6 is 0 Å². The zero-order valence-electron chi connectivity index (χ0n) is 19.3. The first-order chi connectivity index (χ1) is 16.0. The van der Waals surface area contributed by atoms with E-state index in [1.165, 1.54) is 27.4 Å². The highest BCUT2D eigenvalue weighted by molar-refractivity contribution is 6.00. The minimum Gasteiger partial charge on any atom is -0.496 e. The Hall–Kier alpha value is -3.53. The van der Waals surface area contributed by atoms with E-state index in [0.717, 1.165) is 37.2 Å². The molecule has 178 valence electrons. The van der Waals surface area contributed by atoms with Gasteiger partial charge in [0.2, 0.25) is 11.5 Å². The molecule has 0 bridgehead atoms. The third-order valence-electron chi connectivity index (χ3n) is 5.77. The van der Waals surface area contributed by atoms with Crippen molar-refractivity contribution in [3.63, 3.8) is 0 Å². The van der Waals surface area contributed by atoms with E-state index in [-0.39, 0.29) is 35.4 Å². The largest absolute Gasteiger partial charge is 0.496 e. The Bertz CT molecular complexity index is 1010. The molecule has 0 aliphatic carbocycles. The molecule has 0 radical (unpaired) electrons. The lowest BCUT2D eigenvalue weighted by molar-refractivity contribution is -0.386. The summed E-state index contributed by atoms with van der Waals surface area (Å²) in [6.07, 6.45) is 2.13. The van der Waals surface area contributed by atoms with Crippen LogP contribution in [-0.2, 0) is 0 Å². The summed E-state index contributed by atoms with van der Waals surface area (Å²) in [5.74, 6) is 0.147. The summed E-state index contributed by atoms with van der Waals surface area (Å²) in [5, 5.41) is 14.7. The van der Waals surface area contributed by atoms with Gasteiger partial charge in [-0.05, 0) is 32.0 Å². The van der Waals surface area contributed by atoms with Gasteiger partial charge in [0.15, 0.2) is 5.75 Å². The van der Waals surface area contributed by atoms with E-state index in [9.17, 15) is 14.9 Å². The standard InChI is InChI=1S/C23H29N3O7/c1-30-18-10-6-5-9-15(18)17(25-11-7-8-12-25)14-24-23(27)16-13-19(31-2)21(32-3)22(33-4)20(16)26(28)29/h5-6,9-10,13,17H,7-8,11-12,14H2,1-4H3,(H,24,27). The molecule has 10 nitrogen and oxygen atoms in total. The number of carbonyl (C=O) groups is 1. The highest BCUT2D eigenvalue weighted by Crippen LogP contribution is 2.46. The number of hydrogen-bond acceptors (Lipinski definition) is 8. The first kappa shape index (κ1) is 24.1. The zero-order valence-corrected chi connectivity index (χ0v) is 19.3. The van der Waals surface area contributed by atoms with Crippen LogP contribution in [-0.4, -0.2) is 63.8 Å². The third-order valence-corrected chi connectivity index (χ3v) is 5.77. The van der Waals surface area contributed by atoms with Gasteiger partial charge < -0.3 is 24.3 Å². The van der Waals surface area contributed by atoms with Crippen LogP contribution in [0, 0.1) is 10.1 Å². The average Bonchev–Trinajstić information content (AvgIpc) is 3.37. The molecule has 2 aromatic rings. The second-order valence-corrected chi connectivity index (χ2v) is 7.51. The summed E-state index contributed by atoms with van der Waals surface area (Å²) in [7, 11) is 5.61. The van der Waals surface area contributed by atoms with Gasteiger partial charge in [0.25, 0.3) is 5.91 Å². The fraction of sp³-hybridized carbons (Fsp3) is 0.435.